The number of nitrogens with zero attached hydrogens (tertiary/aromatic N) is 2. The molecule has 1 aliphatic rings. The largest absolute Gasteiger partial charge is 0.496 e. The number of aryl methyl sites for hydroxylation is 2. The minimum absolute atomic E-state index is 0.306. The van der Waals surface area contributed by atoms with Gasteiger partial charge in [-0.1, -0.05) is 25.8 Å². The number of hydrogen-bond donors (Lipinski definition) is 0. The second-order valence-electron chi connectivity index (χ2n) is 5.99. The molecule has 0 spiro atoms. The smallest absolute Gasteiger partial charge is 0.130 e. The maximum Gasteiger partial charge on any atom is 0.130 e. The van der Waals surface area contributed by atoms with E-state index in [0.717, 1.165) is 30.6 Å². The normalized spacial score (nSPS) is 22.5. The summed E-state index contributed by atoms with van der Waals surface area (Å²) in [6.07, 6.45) is 9.74. The Kier molecular flexibility index (Phi) is 6.17. The highest BCUT2D eigenvalue weighted by Gasteiger charge is 2.23. The molecule has 2 rings (SSSR count). The molecule has 1 aromatic carbocycles. The summed E-state index contributed by atoms with van der Waals surface area (Å²) < 4.78 is 5.57. The van der Waals surface area contributed by atoms with Crippen molar-refractivity contribution in [2.75, 3.05) is 7.11 Å². The van der Waals surface area contributed by atoms with Crippen LogP contribution in [0.5, 0.6) is 5.75 Å². The maximum absolute atomic E-state index is 5.57. The van der Waals surface area contributed by atoms with Crippen LogP contribution in [0, 0.1) is 6.92 Å². The zero-order valence-electron chi connectivity index (χ0n) is 14.3. The van der Waals surface area contributed by atoms with E-state index in [1.165, 1.54) is 24.0 Å². The molecule has 1 aromatic rings. The minimum Gasteiger partial charge on any atom is -0.496 e. The van der Waals surface area contributed by atoms with Crippen molar-refractivity contribution in [1.29, 1.82) is 0 Å². The second-order valence-corrected chi connectivity index (χ2v) is 5.99. The molecule has 1 aliphatic carbocycles. The van der Waals surface area contributed by atoms with Gasteiger partial charge < -0.3 is 4.74 Å². The highest BCUT2D eigenvalue weighted by Crippen LogP contribution is 2.27. The van der Waals surface area contributed by atoms with Crippen LogP contribution in [0.3, 0.4) is 0 Å². The van der Waals surface area contributed by atoms with E-state index in [9.17, 15) is 0 Å². The summed E-state index contributed by atoms with van der Waals surface area (Å²) in [7, 11) is 1.73. The summed E-state index contributed by atoms with van der Waals surface area (Å²) >= 11 is 0. The van der Waals surface area contributed by atoms with Crippen LogP contribution in [0.25, 0.3) is 0 Å². The van der Waals surface area contributed by atoms with Crippen LogP contribution in [0.2, 0.25) is 0 Å². The summed E-state index contributed by atoms with van der Waals surface area (Å²) in [5.74, 6) is 0.937. The van der Waals surface area contributed by atoms with Gasteiger partial charge in [0.1, 0.15) is 5.75 Å². The van der Waals surface area contributed by atoms with Crippen molar-refractivity contribution in [3.63, 3.8) is 0 Å². The topological polar surface area (TPSA) is 34.0 Å². The molecule has 0 N–H and O–H groups in total. The zero-order chi connectivity index (χ0) is 15.9. The molecule has 1 saturated carbocycles. The van der Waals surface area contributed by atoms with Crippen molar-refractivity contribution < 1.29 is 4.74 Å². The number of hydrogen-bond acceptors (Lipinski definition) is 3. The third kappa shape index (κ3) is 3.96. The lowest BCUT2D eigenvalue weighted by Gasteiger charge is -2.25. The molecular formula is C19H28N2O. The average molecular weight is 300 g/mol. The van der Waals surface area contributed by atoms with Crippen LogP contribution in [-0.2, 0) is 6.42 Å². The number of ether oxygens (including phenoxy) is 1. The third-order valence-electron chi connectivity index (χ3n) is 4.42. The first kappa shape index (κ1) is 16.7. The van der Waals surface area contributed by atoms with Crippen molar-refractivity contribution >= 4 is 12.4 Å². The van der Waals surface area contributed by atoms with Gasteiger partial charge in [0, 0.05) is 11.8 Å². The molecule has 1 fully saturated rings. The molecule has 120 valence electrons. The number of benzene rings is 1. The Morgan fingerprint density at radius 2 is 1.86 bits per heavy atom. The van der Waals surface area contributed by atoms with Crippen molar-refractivity contribution in [3.05, 3.63) is 28.8 Å². The van der Waals surface area contributed by atoms with E-state index < -0.39 is 0 Å². The molecule has 22 heavy (non-hydrogen) atoms. The van der Waals surface area contributed by atoms with Gasteiger partial charge in [-0.15, -0.1) is 0 Å². The predicted molar refractivity (Wildman–Crippen MR) is 94.9 cm³/mol. The Morgan fingerprint density at radius 1 is 1.18 bits per heavy atom. The maximum atomic E-state index is 5.57. The van der Waals surface area contributed by atoms with Gasteiger partial charge in [-0.25, -0.2) is 0 Å². The van der Waals surface area contributed by atoms with Gasteiger partial charge in [0.2, 0.25) is 0 Å². The van der Waals surface area contributed by atoms with E-state index in [-0.39, 0.29) is 0 Å². The molecule has 0 unspecified atom stereocenters. The van der Waals surface area contributed by atoms with Crippen LogP contribution >= 0.6 is 0 Å². The molecule has 0 amide bonds. The van der Waals surface area contributed by atoms with Gasteiger partial charge >= 0.3 is 0 Å². The van der Waals surface area contributed by atoms with E-state index in [4.69, 9.17) is 9.73 Å². The van der Waals surface area contributed by atoms with Gasteiger partial charge in [-0.3, -0.25) is 9.98 Å². The van der Waals surface area contributed by atoms with E-state index in [1.54, 1.807) is 7.11 Å². The minimum atomic E-state index is 0.306. The molecule has 0 radical (unpaired) electrons. The fraction of sp³-hybridized carbons (Fsp3) is 0.579. The van der Waals surface area contributed by atoms with Crippen LogP contribution in [0.15, 0.2) is 22.1 Å². The Hall–Kier alpha value is -1.64. The Morgan fingerprint density at radius 3 is 2.45 bits per heavy atom. The third-order valence-corrected chi connectivity index (χ3v) is 4.42. The lowest BCUT2D eigenvalue weighted by atomic mass is 9.91. The van der Waals surface area contributed by atoms with Gasteiger partial charge in [0.05, 0.1) is 19.2 Å². The second kappa shape index (κ2) is 8.11. The number of rotatable bonds is 5. The van der Waals surface area contributed by atoms with Gasteiger partial charge in [-0.05, 0) is 56.5 Å². The molecule has 0 aliphatic heterocycles. The van der Waals surface area contributed by atoms with Crippen molar-refractivity contribution in [2.45, 2.75) is 65.0 Å². The molecule has 0 bridgehead atoms. The van der Waals surface area contributed by atoms with Gasteiger partial charge in [-0.2, -0.15) is 0 Å². The monoisotopic (exact) mass is 300 g/mol. The average Bonchev–Trinajstić information content (AvgIpc) is 2.53. The van der Waals surface area contributed by atoms with E-state index in [1.807, 2.05) is 19.4 Å². The summed E-state index contributed by atoms with van der Waals surface area (Å²) in [5, 5.41) is 0. The highest BCUT2D eigenvalue weighted by molar-refractivity contribution is 5.85. The van der Waals surface area contributed by atoms with Crippen molar-refractivity contribution in [2.24, 2.45) is 9.98 Å². The Balaban J connectivity index is 2.26. The first-order valence-corrected chi connectivity index (χ1v) is 8.38. The first-order valence-electron chi connectivity index (χ1n) is 8.38. The Bertz CT molecular complexity index is 549. The summed E-state index contributed by atoms with van der Waals surface area (Å²) in [6.45, 7) is 6.27. The van der Waals surface area contributed by atoms with Crippen molar-refractivity contribution in [3.8, 4) is 5.75 Å². The van der Waals surface area contributed by atoms with Crippen LogP contribution < -0.4 is 4.74 Å². The molecular weight excluding hydrogens is 272 g/mol. The standard InChI is InChI=1S/C19H28N2O/c1-5-15-11-14(3)19(22-4)16(12-15)13-21-18-10-8-7-9-17(18)20-6-2/h6,11-13,17-18H,5,7-10H2,1-4H3/t17-,18-/m0/s1. The molecule has 2 atom stereocenters. The summed E-state index contributed by atoms with van der Waals surface area (Å²) in [6, 6.07) is 5.04. The molecule has 3 heteroatoms. The lowest BCUT2D eigenvalue weighted by molar-refractivity contribution is 0.389. The van der Waals surface area contributed by atoms with Crippen LogP contribution in [-0.4, -0.2) is 31.6 Å². The van der Waals surface area contributed by atoms with Crippen molar-refractivity contribution in [1.82, 2.24) is 0 Å². The fourth-order valence-electron chi connectivity index (χ4n) is 3.26. The first-order chi connectivity index (χ1) is 10.7. The fourth-order valence-corrected chi connectivity index (χ4v) is 3.26. The van der Waals surface area contributed by atoms with Gasteiger partial charge in [0.15, 0.2) is 0 Å². The molecule has 0 heterocycles. The quantitative estimate of drug-likeness (QED) is 0.743. The van der Waals surface area contributed by atoms with Gasteiger partial charge in [0.25, 0.3) is 0 Å². The molecule has 0 aromatic heterocycles. The van der Waals surface area contributed by atoms with E-state index >= 15 is 0 Å². The summed E-state index contributed by atoms with van der Waals surface area (Å²) in [5.41, 5.74) is 3.59. The molecule has 0 saturated heterocycles. The number of aliphatic imine (C=N–C) groups is 2. The number of methoxy groups -OCH3 is 1. The van der Waals surface area contributed by atoms with Crippen LogP contribution in [0.4, 0.5) is 0 Å². The highest BCUT2D eigenvalue weighted by atomic mass is 16.5. The SMILES string of the molecule is CC=N[C@H]1CCCC[C@@H]1N=Cc1cc(CC)cc(C)c1OC. The van der Waals surface area contributed by atoms with E-state index in [2.05, 4.69) is 31.0 Å². The molecule has 3 nitrogen and oxygen atoms in total. The van der Waals surface area contributed by atoms with Crippen LogP contribution in [0.1, 0.15) is 56.2 Å². The Labute approximate surface area is 134 Å². The van der Waals surface area contributed by atoms with E-state index in [0.29, 0.717) is 12.1 Å². The lowest BCUT2D eigenvalue weighted by Crippen LogP contribution is -2.27. The summed E-state index contributed by atoms with van der Waals surface area (Å²) in [4.78, 5) is 9.46. The predicted octanol–water partition coefficient (Wildman–Crippen LogP) is 4.39. The zero-order valence-corrected chi connectivity index (χ0v) is 14.3.